The quantitative estimate of drug-likeness (QED) is 0.0843. The van der Waals surface area contributed by atoms with E-state index in [0.717, 1.165) is 12.8 Å². The van der Waals surface area contributed by atoms with E-state index < -0.39 is 0 Å². The van der Waals surface area contributed by atoms with Gasteiger partial charge in [0.05, 0.1) is 0 Å². The van der Waals surface area contributed by atoms with Crippen LogP contribution < -0.4 is 4.74 Å². The van der Waals surface area contributed by atoms with E-state index in [1.165, 1.54) is 109 Å². The average Bonchev–Trinajstić information content (AvgIpc) is 2.78. The summed E-state index contributed by atoms with van der Waals surface area (Å²) < 4.78 is 5.23. The predicted molar refractivity (Wildman–Crippen MR) is 135 cm³/mol. The fourth-order valence-electron chi connectivity index (χ4n) is 3.98. The average molecular weight is 429 g/mol. The van der Waals surface area contributed by atoms with E-state index in [9.17, 15) is 4.79 Å². The third-order valence-corrected chi connectivity index (χ3v) is 5.94. The number of hydrogen-bond donors (Lipinski definition) is 0. The molecule has 2 nitrogen and oxygen atoms in total. The number of para-hydroxylation sites is 1. The van der Waals surface area contributed by atoms with Gasteiger partial charge in [-0.15, -0.1) is 0 Å². The van der Waals surface area contributed by atoms with Crippen LogP contribution in [0.25, 0.3) is 0 Å². The Bertz CT molecular complexity index is 535. The molecule has 0 heterocycles. The Morgan fingerprint density at radius 1 is 0.645 bits per heavy atom. The van der Waals surface area contributed by atoms with Crippen molar-refractivity contribution in [3.05, 3.63) is 42.5 Å². The molecule has 0 radical (unpaired) electrons. The highest BCUT2D eigenvalue weighted by atomic mass is 16.5. The minimum atomic E-state index is -0.284. The highest BCUT2D eigenvalue weighted by molar-refractivity contribution is 5.83. The Labute approximate surface area is 192 Å². The maximum absolute atomic E-state index is 11.7. The first kappa shape index (κ1) is 27.5. The van der Waals surface area contributed by atoms with Crippen LogP contribution in [0.3, 0.4) is 0 Å². The van der Waals surface area contributed by atoms with E-state index in [4.69, 9.17) is 4.74 Å². The van der Waals surface area contributed by atoms with Crippen LogP contribution in [0.4, 0.5) is 0 Å². The summed E-state index contributed by atoms with van der Waals surface area (Å²) in [6.45, 7) is 2.29. The molecule has 0 saturated carbocycles. The van der Waals surface area contributed by atoms with E-state index in [-0.39, 0.29) is 5.97 Å². The number of carbonyl (C=O) groups is 1. The van der Waals surface area contributed by atoms with Crippen LogP contribution in [-0.4, -0.2) is 5.97 Å². The first-order chi connectivity index (χ1) is 15.3. The molecule has 0 amide bonds. The van der Waals surface area contributed by atoms with Crippen LogP contribution in [0.15, 0.2) is 42.5 Å². The van der Waals surface area contributed by atoms with Gasteiger partial charge in [-0.25, -0.2) is 4.79 Å². The highest BCUT2D eigenvalue weighted by Gasteiger charge is 1.98. The summed E-state index contributed by atoms with van der Waals surface area (Å²) in [6, 6.07) is 9.23. The van der Waals surface area contributed by atoms with Crippen LogP contribution in [-0.2, 0) is 4.79 Å². The fourth-order valence-corrected chi connectivity index (χ4v) is 3.98. The second-order valence-electron chi connectivity index (χ2n) is 8.94. The third kappa shape index (κ3) is 18.9. The summed E-state index contributed by atoms with van der Waals surface area (Å²) in [6.07, 6.45) is 29.6. The lowest BCUT2D eigenvalue weighted by molar-refractivity contribution is -0.129. The molecule has 0 N–H and O–H groups in total. The molecular formula is C29H48O2. The van der Waals surface area contributed by atoms with Crippen LogP contribution >= 0.6 is 0 Å². The number of ether oxygens (including phenoxy) is 1. The van der Waals surface area contributed by atoms with Gasteiger partial charge in [-0.05, 0) is 25.0 Å². The van der Waals surface area contributed by atoms with Gasteiger partial charge in [0.2, 0.25) is 0 Å². The summed E-state index contributed by atoms with van der Waals surface area (Å²) in [5.41, 5.74) is 0. The van der Waals surface area contributed by atoms with Crippen molar-refractivity contribution in [2.24, 2.45) is 0 Å². The summed E-state index contributed by atoms with van der Waals surface area (Å²) >= 11 is 0. The van der Waals surface area contributed by atoms with Crippen molar-refractivity contribution in [3.8, 4) is 5.75 Å². The number of carbonyl (C=O) groups excluding carboxylic acids is 1. The lowest BCUT2D eigenvalue weighted by atomic mass is 10.0. The van der Waals surface area contributed by atoms with Crippen molar-refractivity contribution >= 4 is 5.97 Å². The molecule has 0 saturated heterocycles. The predicted octanol–water partition coefficient (Wildman–Crippen LogP) is 9.58. The fraction of sp³-hybridized carbons (Fsp3) is 0.690. The minimum absolute atomic E-state index is 0.284. The third-order valence-electron chi connectivity index (χ3n) is 5.94. The second kappa shape index (κ2) is 21.7. The van der Waals surface area contributed by atoms with Crippen molar-refractivity contribution in [1.82, 2.24) is 0 Å². The second-order valence-corrected chi connectivity index (χ2v) is 8.94. The molecule has 0 aliphatic carbocycles. The summed E-state index contributed by atoms with van der Waals surface area (Å²) in [7, 11) is 0. The first-order valence-electron chi connectivity index (χ1n) is 13.3. The molecule has 0 aliphatic heterocycles. The zero-order valence-corrected chi connectivity index (χ0v) is 20.3. The van der Waals surface area contributed by atoms with Crippen molar-refractivity contribution in [3.63, 3.8) is 0 Å². The van der Waals surface area contributed by atoms with Gasteiger partial charge in [0, 0.05) is 6.08 Å². The SMILES string of the molecule is CCCCCCCCCCCCCCCCCCCC/C=C/C(=O)Oc1ccccc1. The molecule has 176 valence electrons. The molecule has 0 spiro atoms. The zero-order chi connectivity index (χ0) is 22.2. The Hall–Kier alpha value is -1.57. The van der Waals surface area contributed by atoms with Crippen LogP contribution in [0.2, 0.25) is 0 Å². The topological polar surface area (TPSA) is 26.3 Å². The van der Waals surface area contributed by atoms with E-state index in [0.29, 0.717) is 5.75 Å². The number of hydrogen-bond acceptors (Lipinski definition) is 2. The molecule has 0 aliphatic rings. The van der Waals surface area contributed by atoms with Crippen molar-refractivity contribution in [2.75, 3.05) is 0 Å². The monoisotopic (exact) mass is 428 g/mol. The summed E-state index contributed by atoms with van der Waals surface area (Å²) in [5, 5.41) is 0. The number of benzene rings is 1. The van der Waals surface area contributed by atoms with Gasteiger partial charge in [0.25, 0.3) is 0 Å². The molecule has 1 rings (SSSR count). The van der Waals surface area contributed by atoms with Gasteiger partial charge in [-0.3, -0.25) is 0 Å². The molecule has 0 aromatic heterocycles. The van der Waals surface area contributed by atoms with Gasteiger partial charge < -0.3 is 4.74 Å². The molecule has 0 fully saturated rings. The molecule has 0 atom stereocenters. The zero-order valence-electron chi connectivity index (χ0n) is 20.3. The van der Waals surface area contributed by atoms with Crippen molar-refractivity contribution in [1.29, 1.82) is 0 Å². The Morgan fingerprint density at radius 2 is 1.06 bits per heavy atom. The Kier molecular flexibility index (Phi) is 19.2. The molecule has 1 aromatic carbocycles. The Morgan fingerprint density at radius 3 is 1.52 bits per heavy atom. The number of esters is 1. The lowest BCUT2D eigenvalue weighted by Gasteiger charge is -2.03. The normalized spacial score (nSPS) is 11.3. The highest BCUT2D eigenvalue weighted by Crippen LogP contribution is 2.15. The van der Waals surface area contributed by atoms with E-state index in [2.05, 4.69) is 6.92 Å². The lowest BCUT2D eigenvalue weighted by Crippen LogP contribution is -2.03. The van der Waals surface area contributed by atoms with Crippen LogP contribution in [0.1, 0.15) is 129 Å². The van der Waals surface area contributed by atoms with Crippen LogP contribution in [0, 0.1) is 0 Å². The molecule has 2 heteroatoms. The molecule has 1 aromatic rings. The number of unbranched alkanes of at least 4 members (excludes halogenated alkanes) is 18. The number of allylic oxidation sites excluding steroid dienone is 1. The minimum Gasteiger partial charge on any atom is -0.423 e. The van der Waals surface area contributed by atoms with Gasteiger partial charge in [0.1, 0.15) is 5.75 Å². The van der Waals surface area contributed by atoms with Gasteiger partial charge >= 0.3 is 5.97 Å². The maximum Gasteiger partial charge on any atom is 0.335 e. The smallest absolute Gasteiger partial charge is 0.335 e. The molecule has 0 bridgehead atoms. The van der Waals surface area contributed by atoms with Crippen LogP contribution in [0.5, 0.6) is 5.75 Å². The van der Waals surface area contributed by atoms with Gasteiger partial charge in [0.15, 0.2) is 0 Å². The van der Waals surface area contributed by atoms with E-state index in [1.807, 2.05) is 24.3 Å². The van der Waals surface area contributed by atoms with E-state index >= 15 is 0 Å². The largest absolute Gasteiger partial charge is 0.423 e. The first-order valence-corrected chi connectivity index (χ1v) is 13.3. The maximum atomic E-state index is 11.7. The standard InChI is InChI=1S/C29H48O2/c1-2-3-4-5-6-7-8-9-10-11-12-13-14-15-16-17-18-19-20-24-27-29(30)31-28-25-22-21-23-26-28/h21-27H,2-20H2,1H3/b27-24+. The number of rotatable bonds is 21. The van der Waals surface area contributed by atoms with Crippen molar-refractivity contribution in [2.45, 2.75) is 129 Å². The summed E-state index contributed by atoms with van der Waals surface area (Å²) in [5.74, 6) is 0.318. The van der Waals surface area contributed by atoms with Gasteiger partial charge in [-0.1, -0.05) is 140 Å². The van der Waals surface area contributed by atoms with Crippen molar-refractivity contribution < 1.29 is 9.53 Å². The summed E-state index contributed by atoms with van der Waals surface area (Å²) in [4.78, 5) is 11.7. The molecular weight excluding hydrogens is 380 g/mol. The molecule has 0 unspecified atom stereocenters. The molecule has 31 heavy (non-hydrogen) atoms. The Balaban J connectivity index is 1.75. The van der Waals surface area contributed by atoms with E-state index in [1.54, 1.807) is 18.2 Å². The van der Waals surface area contributed by atoms with Gasteiger partial charge in [-0.2, -0.15) is 0 Å².